The minimum Gasteiger partial charge on any atom is -0.368 e. The van der Waals surface area contributed by atoms with Crippen LogP contribution in [-0.2, 0) is 0 Å². The number of guanidine groups is 1. The minimum absolute atomic E-state index is 0. The van der Waals surface area contributed by atoms with E-state index in [4.69, 9.17) is 16.6 Å². The second-order valence-corrected chi connectivity index (χ2v) is 7.86. The van der Waals surface area contributed by atoms with Crippen LogP contribution in [0.4, 0.5) is 5.69 Å². The van der Waals surface area contributed by atoms with Crippen LogP contribution in [0.25, 0.3) is 0 Å². The maximum absolute atomic E-state index is 6.14. The van der Waals surface area contributed by atoms with E-state index in [-0.39, 0.29) is 24.0 Å². The highest BCUT2D eigenvalue weighted by atomic mass is 127. The third kappa shape index (κ3) is 6.68. The van der Waals surface area contributed by atoms with Crippen molar-refractivity contribution in [3.8, 4) is 0 Å². The van der Waals surface area contributed by atoms with Crippen LogP contribution >= 0.6 is 35.6 Å². The molecule has 2 aliphatic heterocycles. The van der Waals surface area contributed by atoms with E-state index in [1.807, 2.05) is 12.1 Å². The van der Waals surface area contributed by atoms with E-state index < -0.39 is 0 Å². The molecule has 0 amide bonds. The monoisotopic (exact) mass is 505 g/mol. The zero-order chi connectivity index (χ0) is 18.4. The summed E-state index contributed by atoms with van der Waals surface area (Å²) in [5.74, 6) is 1.77. The smallest absolute Gasteiger partial charge is 0.194 e. The molecule has 1 N–H and O–H groups in total. The number of likely N-dealkylation sites (tertiary alicyclic amines) is 1. The lowest BCUT2D eigenvalue weighted by Crippen LogP contribution is -2.52. The molecular weight excluding hydrogens is 473 g/mol. The molecule has 1 aromatic carbocycles. The summed E-state index contributed by atoms with van der Waals surface area (Å²) in [6.07, 6.45) is 2.60. The molecule has 0 aromatic heterocycles. The minimum atomic E-state index is 0. The summed E-state index contributed by atoms with van der Waals surface area (Å²) in [7, 11) is 2.22. The molecule has 1 aromatic rings. The van der Waals surface area contributed by atoms with Gasteiger partial charge in [-0.1, -0.05) is 17.7 Å². The van der Waals surface area contributed by atoms with Crippen LogP contribution in [0.3, 0.4) is 0 Å². The van der Waals surface area contributed by atoms with Gasteiger partial charge in [-0.25, -0.2) is 0 Å². The van der Waals surface area contributed by atoms with Gasteiger partial charge in [0, 0.05) is 56.5 Å². The van der Waals surface area contributed by atoms with Crippen molar-refractivity contribution in [3.63, 3.8) is 0 Å². The van der Waals surface area contributed by atoms with Crippen LogP contribution in [0.1, 0.15) is 19.8 Å². The average Bonchev–Trinajstić information content (AvgIpc) is 2.65. The van der Waals surface area contributed by atoms with Crippen molar-refractivity contribution < 1.29 is 0 Å². The molecule has 5 nitrogen and oxygen atoms in total. The highest BCUT2D eigenvalue weighted by molar-refractivity contribution is 14.0. The Balaban J connectivity index is 0.00000261. The van der Waals surface area contributed by atoms with Crippen molar-refractivity contribution in [3.05, 3.63) is 29.3 Å². The first-order valence-electron chi connectivity index (χ1n) is 9.88. The normalized spacial score (nSPS) is 21.7. The van der Waals surface area contributed by atoms with E-state index in [1.165, 1.54) is 31.6 Å². The molecule has 2 aliphatic rings. The molecule has 2 saturated heterocycles. The van der Waals surface area contributed by atoms with Gasteiger partial charge in [0.2, 0.25) is 0 Å². The number of piperidine rings is 1. The molecule has 0 aliphatic carbocycles. The van der Waals surface area contributed by atoms with Gasteiger partial charge in [0.25, 0.3) is 0 Å². The van der Waals surface area contributed by atoms with E-state index in [2.05, 4.69) is 46.1 Å². The lowest BCUT2D eigenvalue weighted by atomic mass is 9.99. The van der Waals surface area contributed by atoms with Crippen molar-refractivity contribution in [2.45, 2.75) is 19.8 Å². The van der Waals surface area contributed by atoms with Crippen LogP contribution in [0, 0.1) is 5.92 Å². The van der Waals surface area contributed by atoms with Crippen LogP contribution in [0.2, 0.25) is 5.02 Å². The number of halogens is 2. The summed E-state index contributed by atoms with van der Waals surface area (Å²) >= 11 is 6.14. The quantitative estimate of drug-likeness (QED) is 0.386. The molecule has 2 heterocycles. The van der Waals surface area contributed by atoms with Crippen LogP contribution < -0.4 is 10.2 Å². The zero-order valence-corrected chi connectivity index (χ0v) is 19.6. The van der Waals surface area contributed by atoms with E-state index in [0.717, 1.165) is 50.3 Å². The molecular formula is C20H33ClIN5. The van der Waals surface area contributed by atoms with Gasteiger partial charge in [-0.3, -0.25) is 4.99 Å². The summed E-state index contributed by atoms with van der Waals surface area (Å²) < 4.78 is 0. The van der Waals surface area contributed by atoms with Gasteiger partial charge in [0.1, 0.15) is 0 Å². The number of hydrogen-bond acceptors (Lipinski definition) is 3. The Bertz CT molecular complexity index is 604. The molecule has 7 heteroatoms. The highest BCUT2D eigenvalue weighted by Gasteiger charge is 2.21. The van der Waals surface area contributed by atoms with Gasteiger partial charge in [-0.05, 0) is 57.5 Å². The lowest BCUT2D eigenvalue weighted by molar-refractivity contribution is 0.214. The number of benzene rings is 1. The molecule has 0 radical (unpaired) electrons. The number of anilines is 1. The van der Waals surface area contributed by atoms with E-state index in [1.54, 1.807) is 0 Å². The summed E-state index contributed by atoms with van der Waals surface area (Å²) in [5, 5.41) is 4.29. The Hall–Kier alpha value is -0.730. The summed E-state index contributed by atoms with van der Waals surface area (Å²) in [5.41, 5.74) is 1.21. The predicted molar refractivity (Wildman–Crippen MR) is 127 cm³/mol. The van der Waals surface area contributed by atoms with Gasteiger partial charge in [-0.2, -0.15) is 0 Å². The summed E-state index contributed by atoms with van der Waals surface area (Å²) in [6, 6.07) is 8.15. The fourth-order valence-corrected chi connectivity index (χ4v) is 4.10. The first kappa shape index (κ1) is 22.6. The maximum Gasteiger partial charge on any atom is 0.194 e. The molecule has 152 valence electrons. The Morgan fingerprint density at radius 3 is 2.67 bits per heavy atom. The van der Waals surface area contributed by atoms with Crippen LogP contribution in [-0.4, -0.2) is 75.2 Å². The van der Waals surface area contributed by atoms with E-state index >= 15 is 0 Å². The van der Waals surface area contributed by atoms with Crippen molar-refractivity contribution in [2.24, 2.45) is 10.9 Å². The maximum atomic E-state index is 6.14. The second kappa shape index (κ2) is 11.3. The predicted octanol–water partition coefficient (Wildman–Crippen LogP) is 3.39. The topological polar surface area (TPSA) is 34.1 Å². The fraction of sp³-hybridized carbons (Fsp3) is 0.650. The van der Waals surface area contributed by atoms with Gasteiger partial charge in [0.15, 0.2) is 5.96 Å². The number of nitrogens with one attached hydrogen (secondary N) is 1. The SMILES string of the molecule is CCNC(=NCC1CCCN(C)C1)N1CCN(c2cccc(Cl)c2)CC1.I. The van der Waals surface area contributed by atoms with Crippen molar-refractivity contribution in [1.29, 1.82) is 0 Å². The van der Waals surface area contributed by atoms with Crippen molar-refractivity contribution in [2.75, 3.05) is 64.3 Å². The van der Waals surface area contributed by atoms with Crippen molar-refractivity contribution >= 4 is 47.2 Å². The third-order valence-corrected chi connectivity index (χ3v) is 5.54. The zero-order valence-electron chi connectivity index (χ0n) is 16.5. The number of hydrogen-bond donors (Lipinski definition) is 1. The third-order valence-electron chi connectivity index (χ3n) is 5.31. The number of rotatable bonds is 4. The molecule has 1 unspecified atom stereocenters. The Kier molecular flexibility index (Phi) is 9.45. The first-order chi connectivity index (χ1) is 12.7. The first-order valence-corrected chi connectivity index (χ1v) is 10.3. The van der Waals surface area contributed by atoms with Gasteiger partial charge < -0.3 is 20.0 Å². The standard InChI is InChI=1S/C20H32ClN5.HI/c1-3-22-20(23-15-17-6-5-9-24(2)16-17)26-12-10-25(11-13-26)19-8-4-7-18(21)14-19;/h4,7-8,14,17H,3,5-6,9-13,15-16H2,1-2H3,(H,22,23);1H. The number of nitrogens with zero attached hydrogens (tertiary/aromatic N) is 4. The van der Waals surface area contributed by atoms with Gasteiger partial charge in [0.05, 0.1) is 0 Å². The summed E-state index contributed by atoms with van der Waals surface area (Å²) in [4.78, 5) is 12.2. The Morgan fingerprint density at radius 1 is 1.22 bits per heavy atom. The number of aliphatic imine (C=N–C) groups is 1. The Labute approximate surface area is 186 Å². The largest absolute Gasteiger partial charge is 0.368 e. The lowest BCUT2D eigenvalue weighted by Gasteiger charge is -2.38. The molecule has 1 atom stereocenters. The van der Waals surface area contributed by atoms with Gasteiger partial charge in [-0.15, -0.1) is 24.0 Å². The van der Waals surface area contributed by atoms with Crippen molar-refractivity contribution in [1.82, 2.24) is 15.1 Å². The second-order valence-electron chi connectivity index (χ2n) is 7.42. The van der Waals surface area contributed by atoms with Crippen LogP contribution in [0.5, 0.6) is 0 Å². The Morgan fingerprint density at radius 2 is 2.00 bits per heavy atom. The molecule has 3 rings (SSSR count). The van der Waals surface area contributed by atoms with E-state index in [0.29, 0.717) is 5.92 Å². The average molecular weight is 506 g/mol. The molecule has 27 heavy (non-hydrogen) atoms. The van der Waals surface area contributed by atoms with E-state index in [9.17, 15) is 0 Å². The fourth-order valence-electron chi connectivity index (χ4n) is 3.91. The highest BCUT2D eigenvalue weighted by Crippen LogP contribution is 2.21. The van der Waals surface area contributed by atoms with Crippen LogP contribution in [0.15, 0.2) is 29.3 Å². The van der Waals surface area contributed by atoms with Gasteiger partial charge >= 0.3 is 0 Å². The molecule has 0 saturated carbocycles. The molecule has 2 fully saturated rings. The summed E-state index contributed by atoms with van der Waals surface area (Å²) in [6.45, 7) is 10.4. The molecule has 0 spiro atoms. The number of piperazine rings is 1. The molecule has 0 bridgehead atoms.